The minimum atomic E-state index is -0.137. The Morgan fingerprint density at radius 3 is 2.57 bits per heavy atom. The molecule has 120 valence electrons. The molecule has 0 saturated carbocycles. The van der Waals surface area contributed by atoms with Gasteiger partial charge >= 0.3 is 5.69 Å². The molecule has 23 heavy (non-hydrogen) atoms. The Morgan fingerprint density at radius 2 is 1.78 bits per heavy atom. The fourth-order valence-corrected chi connectivity index (χ4v) is 2.91. The molecule has 0 saturated heterocycles. The van der Waals surface area contributed by atoms with Crippen LogP contribution in [0.1, 0.15) is 11.1 Å². The number of hydrogen-bond donors (Lipinski definition) is 1. The van der Waals surface area contributed by atoms with Gasteiger partial charge in [0.2, 0.25) is 0 Å². The maximum atomic E-state index is 13.6. The van der Waals surface area contributed by atoms with E-state index in [-0.39, 0.29) is 11.5 Å². The summed E-state index contributed by atoms with van der Waals surface area (Å²) in [6.07, 6.45) is 0.707. The van der Waals surface area contributed by atoms with Crippen LogP contribution in [0.25, 0.3) is 11.0 Å². The molecule has 0 unspecified atom stereocenters. The summed E-state index contributed by atoms with van der Waals surface area (Å²) in [5.74, 6) is -0.137. The maximum Gasteiger partial charge on any atom is 0.328 e. The summed E-state index contributed by atoms with van der Waals surface area (Å²) < 4.78 is 16.9. The molecule has 1 aromatic heterocycles. The number of quaternary nitrogens is 1. The fourth-order valence-electron chi connectivity index (χ4n) is 2.91. The zero-order chi connectivity index (χ0) is 16.4. The van der Waals surface area contributed by atoms with Gasteiger partial charge in [0.1, 0.15) is 12.4 Å². The molecule has 0 fully saturated rings. The predicted molar refractivity (Wildman–Crippen MR) is 88.8 cm³/mol. The van der Waals surface area contributed by atoms with Crippen LogP contribution < -0.4 is 11.0 Å². The summed E-state index contributed by atoms with van der Waals surface area (Å²) in [5, 5.41) is 2.16. The Bertz CT molecular complexity index is 895. The summed E-state index contributed by atoms with van der Waals surface area (Å²) in [4.78, 5) is 11.9. The van der Waals surface area contributed by atoms with Gasteiger partial charge in [-0.1, -0.05) is 24.3 Å². The van der Waals surface area contributed by atoms with Gasteiger partial charge in [0.15, 0.2) is 0 Å². The lowest BCUT2D eigenvalue weighted by atomic mass is 10.1. The van der Waals surface area contributed by atoms with Gasteiger partial charge in [-0.15, -0.1) is 0 Å². The molecule has 2 aromatic carbocycles. The van der Waals surface area contributed by atoms with Crippen LogP contribution in [0.5, 0.6) is 0 Å². The normalized spacial score (nSPS) is 11.3. The second kappa shape index (κ2) is 6.38. The van der Waals surface area contributed by atoms with E-state index in [4.69, 9.17) is 0 Å². The van der Waals surface area contributed by atoms with Crippen molar-refractivity contribution < 1.29 is 9.71 Å². The Hall–Kier alpha value is -2.40. The Labute approximate surface area is 134 Å². The van der Waals surface area contributed by atoms with E-state index in [1.165, 1.54) is 6.07 Å². The zero-order valence-corrected chi connectivity index (χ0v) is 13.4. The molecule has 0 atom stereocenters. The lowest BCUT2D eigenvalue weighted by Crippen LogP contribution is -2.83. The van der Waals surface area contributed by atoms with Gasteiger partial charge in [-0.3, -0.25) is 9.13 Å². The molecule has 4 nitrogen and oxygen atoms in total. The van der Waals surface area contributed by atoms with E-state index in [1.807, 2.05) is 24.3 Å². The summed E-state index contributed by atoms with van der Waals surface area (Å²) in [6.45, 7) is 1.64. The molecule has 2 N–H and O–H groups in total. The highest BCUT2D eigenvalue weighted by Crippen LogP contribution is 2.13. The van der Waals surface area contributed by atoms with Gasteiger partial charge < -0.3 is 5.32 Å². The molecular weight excluding hydrogens is 293 g/mol. The van der Waals surface area contributed by atoms with Crippen LogP contribution in [-0.2, 0) is 27.1 Å². The summed E-state index contributed by atoms with van der Waals surface area (Å²) in [7, 11) is 3.57. The summed E-state index contributed by atoms with van der Waals surface area (Å²) in [6, 6.07) is 13.0. The molecule has 1 heterocycles. The van der Waals surface area contributed by atoms with Crippen LogP contribution in [0.2, 0.25) is 0 Å². The van der Waals surface area contributed by atoms with Gasteiger partial charge in [-0.05, 0) is 23.8 Å². The number of halogens is 1. The van der Waals surface area contributed by atoms with Crippen molar-refractivity contribution in [2.45, 2.75) is 13.0 Å². The molecule has 0 aliphatic heterocycles. The van der Waals surface area contributed by atoms with E-state index < -0.39 is 0 Å². The number of benzene rings is 2. The average Bonchev–Trinajstić information content (AvgIpc) is 2.77. The van der Waals surface area contributed by atoms with Crippen molar-refractivity contribution in [1.82, 2.24) is 9.13 Å². The third-order valence-corrected chi connectivity index (χ3v) is 4.29. The van der Waals surface area contributed by atoms with Crippen LogP contribution in [0.4, 0.5) is 4.39 Å². The molecule has 0 aliphatic carbocycles. The van der Waals surface area contributed by atoms with E-state index in [2.05, 4.69) is 11.4 Å². The minimum Gasteiger partial charge on any atom is -0.342 e. The van der Waals surface area contributed by atoms with Crippen LogP contribution in [0.3, 0.4) is 0 Å². The molecule has 3 rings (SSSR count). The Balaban J connectivity index is 1.65. The van der Waals surface area contributed by atoms with Crippen LogP contribution in [0.15, 0.2) is 47.3 Å². The molecule has 0 spiro atoms. The van der Waals surface area contributed by atoms with Crippen LogP contribution >= 0.6 is 0 Å². The van der Waals surface area contributed by atoms with E-state index >= 15 is 0 Å². The standard InChI is InChI=1S/C18H20FN3O/c1-21-16-8-7-13(11-17(16)22(2)18(21)23)12-20-10-9-14-5-3-4-6-15(14)19/h3-8,11,20H,9-10,12H2,1-2H3/p+1. The second-order valence-corrected chi connectivity index (χ2v) is 5.85. The van der Waals surface area contributed by atoms with E-state index in [0.29, 0.717) is 6.42 Å². The SMILES string of the molecule is Cn1c(=O)n(C)c2cc(C[NH2+]CCc3ccccc3F)ccc21. The summed E-state index contributed by atoms with van der Waals surface area (Å²) >= 11 is 0. The van der Waals surface area contributed by atoms with E-state index in [0.717, 1.165) is 35.2 Å². The maximum absolute atomic E-state index is 13.6. The number of aromatic nitrogens is 2. The number of imidazole rings is 1. The topological polar surface area (TPSA) is 43.5 Å². The second-order valence-electron chi connectivity index (χ2n) is 5.85. The quantitative estimate of drug-likeness (QED) is 0.709. The average molecular weight is 314 g/mol. The van der Waals surface area contributed by atoms with Gasteiger partial charge in [-0.25, -0.2) is 9.18 Å². The highest BCUT2D eigenvalue weighted by atomic mass is 19.1. The first kappa shape index (κ1) is 15.5. The van der Waals surface area contributed by atoms with Crippen molar-refractivity contribution in [2.75, 3.05) is 6.54 Å². The molecule has 5 heteroatoms. The van der Waals surface area contributed by atoms with Crippen LogP contribution in [-0.4, -0.2) is 15.7 Å². The smallest absolute Gasteiger partial charge is 0.328 e. The first-order valence-electron chi connectivity index (χ1n) is 7.77. The van der Waals surface area contributed by atoms with Gasteiger partial charge in [0.05, 0.1) is 17.6 Å². The summed E-state index contributed by atoms with van der Waals surface area (Å²) in [5.41, 5.74) is 3.78. The molecular formula is C18H21FN3O+. The van der Waals surface area contributed by atoms with Crippen molar-refractivity contribution >= 4 is 11.0 Å². The zero-order valence-electron chi connectivity index (χ0n) is 13.4. The largest absolute Gasteiger partial charge is 0.342 e. The van der Waals surface area contributed by atoms with Gasteiger partial charge in [0.25, 0.3) is 0 Å². The third-order valence-electron chi connectivity index (χ3n) is 4.29. The number of nitrogens with zero attached hydrogens (tertiary/aromatic N) is 2. The number of hydrogen-bond acceptors (Lipinski definition) is 1. The van der Waals surface area contributed by atoms with Crippen molar-refractivity contribution in [3.63, 3.8) is 0 Å². The first-order chi connectivity index (χ1) is 11.1. The molecule has 3 aromatic rings. The Kier molecular flexibility index (Phi) is 4.30. The fraction of sp³-hybridized carbons (Fsp3) is 0.278. The molecule has 0 amide bonds. The lowest BCUT2D eigenvalue weighted by Gasteiger charge is -2.04. The minimum absolute atomic E-state index is 0.0133. The van der Waals surface area contributed by atoms with Crippen molar-refractivity contribution in [3.8, 4) is 0 Å². The molecule has 0 bridgehead atoms. The molecule has 0 aliphatic rings. The number of fused-ring (bicyclic) bond motifs is 1. The monoisotopic (exact) mass is 314 g/mol. The number of nitrogens with two attached hydrogens (primary N) is 1. The number of rotatable bonds is 5. The highest BCUT2D eigenvalue weighted by Gasteiger charge is 2.08. The van der Waals surface area contributed by atoms with Crippen LogP contribution in [0, 0.1) is 5.82 Å². The molecule has 0 radical (unpaired) electrons. The Morgan fingerprint density at radius 1 is 1.04 bits per heavy atom. The highest BCUT2D eigenvalue weighted by molar-refractivity contribution is 5.76. The van der Waals surface area contributed by atoms with E-state index in [9.17, 15) is 9.18 Å². The first-order valence-corrected chi connectivity index (χ1v) is 7.77. The van der Waals surface area contributed by atoms with Crippen molar-refractivity contribution in [1.29, 1.82) is 0 Å². The number of aryl methyl sites for hydroxylation is 2. The van der Waals surface area contributed by atoms with Gasteiger partial charge in [0, 0.05) is 26.1 Å². The third kappa shape index (κ3) is 3.05. The van der Waals surface area contributed by atoms with Crippen molar-refractivity contribution in [2.24, 2.45) is 14.1 Å². The lowest BCUT2D eigenvalue weighted by molar-refractivity contribution is -0.670. The van der Waals surface area contributed by atoms with E-state index in [1.54, 1.807) is 29.3 Å². The van der Waals surface area contributed by atoms with Crippen molar-refractivity contribution in [3.05, 3.63) is 69.9 Å². The predicted octanol–water partition coefficient (Wildman–Crippen LogP) is 1.32. The van der Waals surface area contributed by atoms with Gasteiger partial charge in [-0.2, -0.15) is 0 Å².